The van der Waals surface area contributed by atoms with Crippen LogP contribution >= 0.6 is 0 Å². The van der Waals surface area contributed by atoms with Crippen LogP contribution in [-0.4, -0.2) is 47.8 Å². The van der Waals surface area contributed by atoms with Crippen LogP contribution in [0.1, 0.15) is 17.9 Å². The molecule has 4 rings (SSSR count). The molecule has 2 saturated heterocycles. The van der Waals surface area contributed by atoms with Crippen LogP contribution in [0.2, 0.25) is 0 Å². The zero-order valence-electron chi connectivity index (χ0n) is 10.6. The van der Waals surface area contributed by atoms with E-state index >= 15 is 0 Å². The molecule has 0 spiro atoms. The van der Waals surface area contributed by atoms with Gasteiger partial charge >= 0.3 is 0 Å². The van der Waals surface area contributed by atoms with Crippen molar-refractivity contribution >= 4 is 0 Å². The molecule has 1 aromatic carbocycles. The number of hydrogen-bond donors (Lipinski definition) is 2. The molecule has 0 amide bonds. The van der Waals surface area contributed by atoms with Crippen LogP contribution in [0.5, 0.6) is 0 Å². The molecule has 3 aliphatic rings. The van der Waals surface area contributed by atoms with Gasteiger partial charge in [-0.1, -0.05) is 30.3 Å². The average Bonchev–Trinajstić information content (AvgIpc) is 3.11. The molecule has 0 bridgehead atoms. The van der Waals surface area contributed by atoms with Crippen molar-refractivity contribution in [2.75, 3.05) is 13.2 Å². The van der Waals surface area contributed by atoms with Crippen molar-refractivity contribution in [3.63, 3.8) is 0 Å². The molecule has 1 saturated carbocycles. The lowest BCUT2D eigenvalue weighted by Crippen LogP contribution is -2.53. The second kappa shape index (κ2) is 4.03. The van der Waals surface area contributed by atoms with Gasteiger partial charge in [0.15, 0.2) is 0 Å². The fourth-order valence-electron chi connectivity index (χ4n) is 4.08. The first-order chi connectivity index (χ1) is 9.27. The van der Waals surface area contributed by atoms with Gasteiger partial charge in [-0.25, -0.2) is 0 Å². The summed E-state index contributed by atoms with van der Waals surface area (Å²) in [5.74, 6) is 0.0913. The second-order valence-corrected chi connectivity index (χ2v) is 5.89. The van der Waals surface area contributed by atoms with Gasteiger partial charge in [-0.3, -0.25) is 0 Å². The molecular formula is C15H18O4. The topological polar surface area (TPSA) is 62.2 Å². The van der Waals surface area contributed by atoms with Gasteiger partial charge in [0.1, 0.15) is 0 Å². The lowest BCUT2D eigenvalue weighted by molar-refractivity contribution is -0.0851. The zero-order chi connectivity index (χ0) is 13.0. The highest BCUT2D eigenvalue weighted by atomic mass is 16.6. The summed E-state index contributed by atoms with van der Waals surface area (Å²) >= 11 is 0. The van der Waals surface area contributed by atoms with Crippen molar-refractivity contribution in [2.45, 2.75) is 36.8 Å². The molecule has 6 atom stereocenters. The summed E-state index contributed by atoms with van der Waals surface area (Å²) < 4.78 is 11.5. The van der Waals surface area contributed by atoms with Gasteiger partial charge in [-0.15, -0.1) is 0 Å². The second-order valence-electron chi connectivity index (χ2n) is 5.89. The van der Waals surface area contributed by atoms with Gasteiger partial charge in [-0.05, 0) is 5.56 Å². The predicted molar refractivity (Wildman–Crippen MR) is 67.7 cm³/mol. The number of ether oxygens (including phenoxy) is 2. The molecule has 4 heteroatoms. The van der Waals surface area contributed by atoms with Crippen molar-refractivity contribution in [1.29, 1.82) is 0 Å². The number of rotatable bonds is 2. The Morgan fingerprint density at radius 3 is 2.74 bits per heavy atom. The number of fused-ring (bicyclic) bond motifs is 3. The highest BCUT2D eigenvalue weighted by Gasteiger charge is 2.70. The Bertz CT molecular complexity index is 476. The monoisotopic (exact) mass is 262 g/mol. The van der Waals surface area contributed by atoms with Crippen LogP contribution in [0.15, 0.2) is 30.3 Å². The van der Waals surface area contributed by atoms with Crippen molar-refractivity contribution in [2.24, 2.45) is 5.41 Å². The highest BCUT2D eigenvalue weighted by Crippen LogP contribution is 2.59. The predicted octanol–water partition coefficient (Wildman–Crippen LogP) is 0.680. The van der Waals surface area contributed by atoms with Gasteiger partial charge in [0.2, 0.25) is 0 Å². The van der Waals surface area contributed by atoms with Crippen LogP contribution in [0.3, 0.4) is 0 Å². The van der Waals surface area contributed by atoms with Crippen LogP contribution in [-0.2, 0) is 9.47 Å². The van der Waals surface area contributed by atoms with Gasteiger partial charge in [-0.2, -0.15) is 0 Å². The quantitative estimate of drug-likeness (QED) is 0.769. The first-order valence-electron chi connectivity index (χ1n) is 6.88. The van der Waals surface area contributed by atoms with E-state index in [-0.39, 0.29) is 30.8 Å². The number of aliphatic hydroxyl groups is 2. The standard InChI is InChI=1S/C15H18O4/c16-8-15-10(9-4-2-1-3-5-9)7-18-13(15)11(17)6-12-14(15)19-12/h1-5,10-14,16-17H,6-8H2/t10-,11-,12+,13+,14+,15+/m1/s1. The Labute approximate surface area is 112 Å². The van der Waals surface area contributed by atoms with E-state index in [4.69, 9.17) is 9.47 Å². The summed E-state index contributed by atoms with van der Waals surface area (Å²) in [6.07, 6.45) is -0.112. The molecule has 0 unspecified atom stereocenters. The maximum atomic E-state index is 10.2. The van der Waals surface area contributed by atoms with Crippen molar-refractivity contribution in [1.82, 2.24) is 0 Å². The summed E-state index contributed by atoms with van der Waals surface area (Å²) in [6, 6.07) is 10.1. The molecule has 2 aliphatic heterocycles. The Morgan fingerprint density at radius 2 is 2.00 bits per heavy atom. The van der Waals surface area contributed by atoms with E-state index in [0.717, 1.165) is 5.56 Å². The summed E-state index contributed by atoms with van der Waals surface area (Å²) in [4.78, 5) is 0. The Balaban J connectivity index is 1.77. The van der Waals surface area contributed by atoms with Gasteiger partial charge in [0.25, 0.3) is 0 Å². The molecule has 4 nitrogen and oxygen atoms in total. The molecular weight excluding hydrogens is 244 g/mol. The first-order valence-corrected chi connectivity index (χ1v) is 6.88. The Hall–Kier alpha value is -0.940. The molecule has 0 radical (unpaired) electrons. The number of hydrogen-bond acceptors (Lipinski definition) is 4. The number of aliphatic hydroxyl groups excluding tert-OH is 2. The van der Waals surface area contributed by atoms with Crippen LogP contribution < -0.4 is 0 Å². The minimum absolute atomic E-state index is 0.00451. The molecule has 19 heavy (non-hydrogen) atoms. The Morgan fingerprint density at radius 1 is 1.21 bits per heavy atom. The zero-order valence-corrected chi connectivity index (χ0v) is 10.6. The summed E-state index contributed by atoms with van der Waals surface area (Å²) in [5, 5.41) is 20.2. The maximum Gasteiger partial charge on any atom is 0.0953 e. The summed E-state index contributed by atoms with van der Waals surface area (Å²) in [7, 11) is 0. The third kappa shape index (κ3) is 1.48. The van der Waals surface area contributed by atoms with Gasteiger partial charge in [0, 0.05) is 12.3 Å². The molecule has 102 valence electrons. The van der Waals surface area contributed by atoms with Crippen LogP contribution in [0, 0.1) is 5.41 Å². The lowest BCUT2D eigenvalue weighted by atomic mass is 9.63. The maximum absolute atomic E-state index is 10.2. The van der Waals surface area contributed by atoms with Crippen molar-refractivity contribution in [3.8, 4) is 0 Å². The van der Waals surface area contributed by atoms with E-state index in [9.17, 15) is 10.2 Å². The highest BCUT2D eigenvalue weighted by molar-refractivity contribution is 5.30. The van der Waals surface area contributed by atoms with Gasteiger partial charge < -0.3 is 19.7 Å². The average molecular weight is 262 g/mol. The number of epoxide rings is 1. The van der Waals surface area contributed by atoms with E-state index in [2.05, 4.69) is 12.1 Å². The SMILES string of the molecule is OC[C@]12[C@@H](c3ccccc3)CO[C@H]1[C@H](O)C[C@@H]1O[C@@H]12. The number of benzene rings is 1. The molecule has 1 aliphatic carbocycles. The molecule has 2 N–H and O–H groups in total. The van der Waals surface area contributed by atoms with Crippen LogP contribution in [0.4, 0.5) is 0 Å². The van der Waals surface area contributed by atoms with E-state index < -0.39 is 11.5 Å². The van der Waals surface area contributed by atoms with Crippen LogP contribution in [0.25, 0.3) is 0 Å². The smallest absolute Gasteiger partial charge is 0.0953 e. The molecule has 0 aromatic heterocycles. The van der Waals surface area contributed by atoms with E-state index in [0.29, 0.717) is 13.0 Å². The Kier molecular flexibility index (Phi) is 2.51. The molecule has 1 aromatic rings. The molecule has 2 heterocycles. The lowest BCUT2D eigenvalue weighted by Gasteiger charge is -2.40. The van der Waals surface area contributed by atoms with E-state index in [1.165, 1.54) is 0 Å². The molecule has 3 fully saturated rings. The van der Waals surface area contributed by atoms with E-state index in [1.807, 2.05) is 18.2 Å². The minimum atomic E-state index is -0.537. The summed E-state index contributed by atoms with van der Waals surface area (Å²) in [6.45, 7) is 0.536. The fourth-order valence-corrected chi connectivity index (χ4v) is 4.08. The third-order valence-corrected chi connectivity index (χ3v) is 5.03. The fraction of sp³-hybridized carbons (Fsp3) is 0.600. The normalized spacial score (nSPS) is 47.6. The van der Waals surface area contributed by atoms with Crippen molar-refractivity contribution in [3.05, 3.63) is 35.9 Å². The van der Waals surface area contributed by atoms with E-state index in [1.54, 1.807) is 0 Å². The summed E-state index contributed by atoms with van der Waals surface area (Å²) in [5.41, 5.74) is 0.673. The third-order valence-electron chi connectivity index (χ3n) is 5.03. The first kappa shape index (κ1) is 11.9. The van der Waals surface area contributed by atoms with Gasteiger partial charge in [0.05, 0.1) is 43.0 Å². The largest absolute Gasteiger partial charge is 0.396 e. The minimum Gasteiger partial charge on any atom is -0.396 e. The van der Waals surface area contributed by atoms with Crippen molar-refractivity contribution < 1.29 is 19.7 Å².